The van der Waals surface area contributed by atoms with Crippen LogP contribution in [-0.2, 0) is 4.74 Å². The van der Waals surface area contributed by atoms with Gasteiger partial charge in [0.25, 0.3) is 0 Å². The average molecular weight is 170 g/mol. The first-order chi connectivity index (χ1) is 5.77. The summed E-state index contributed by atoms with van der Waals surface area (Å²) >= 11 is 0. The van der Waals surface area contributed by atoms with E-state index in [1.165, 1.54) is 0 Å². The summed E-state index contributed by atoms with van der Waals surface area (Å²) in [6.45, 7) is 3.43. The molecule has 0 aliphatic carbocycles. The summed E-state index contributed by atoms with van der Waals surface area (Å²) < 4.78 is 5.33. The van der Waals surface area contributed by atoms with E-state index < -0.39 is 12.2 Å². The maximum Gasteiger partial charge on any atom is 0.111 e. The highest BCUT2D eigenvalue weighted by molar-refractivity contribution is 5.03. The zero-order valence-corrected chi connectivity index (χ0v) is 6.89. The van der Waals surface area contributed by atoms with Crippen LogP contribution in [-0.4, -0.2) is 35.1 Å². The number of aliphatic hydroxyl groups is 2. The van der Waals surface area contributed by atoms with Gasteiger partial charge in [-0.3, -0.25) is 0 Å². The third-order valence-electron chi connectivity index (χ3n) is 1.83. The predicted octanol–water partition coefficient (Wildman–Crippen LogP) is 0.239. The van der Waals surface area contributed by atoms with Gasteiger partial charge in [0.2, 0.25) is 0 Å². The van der Waals surface area contributed by atoms with Crippen molar-refractivity contribution < 1.29 is 14.9 Å². The third kappa shape index (κ3) is 2.17. The molecule has 0 saturated heterocycles. The Bertz CT molecular complexity index is 177. The molecule has 0 saturated carbocycles. The van der Waals surface area contributed by atoms with Crippen LogP contribution in [0.15, 0.2) is 24.8 Å². The number of rotatable bonds is 3. The first kappa shape index (κ1) is 9.45. The molecule has 1 aliphatic rings. The number of aliphatic hydroxyl groups excluding tert-OH is 2. The van der Waals surface area contributed by atoms with Gasteiger partial charge in [-0.1, -0.05) is 18.2 Å². The molecule has 3 heteroatoms. The van der Waals surface area contributed by atoms with Crippen LogP contribution in [0.3, 0.4) is 0 Å². The molecule has 68 valence electrons. The van der Waals surface area contributed by atoms with Gasteiger partial charge in [-0.2, -0.15) is 0 Å². The molecular weight excluding hydrogens is 156 g/mol. The van der Waals surface area contributed by atoms with Crippen LogP contribution in [0, 0.1) is 0 Å². The lowest BCUT2D eigenvalue weighted by atomic mass is 10.1. The Morgan fingerprint density at radius 2 is 2.25 bits per heavy atom. The number of hydrogen-bond donors (Lipinski definition) is 2. The average Bonchev–Trinajstić information content (AvgIpc) is 2.09. The predicted molar refractivity (Wildman–Crippen MR) is 45.7 cm³/mol. The van der Waals surface area contributed by atoms with Crippen molar-refractivity contribution in [3.63, 3.8) is 0 Å². The maximum atomic E-state index is 9.26. The van der Waals surface area contributed by atoms with Crippen molar-refractivity contribution in [2.24, 2.45) is 0 Å². The largest absolute Gasteiger partial charge is 0.394 e. The second-order valence-corrected chi connectivity index (χ2v) is 2.80. The van der Waals surface area contributed by atoms with Gasteiger partial charge in [-0.15, -0.1) is 6.58 Å². The summed E-state index contributed by atoms with van der Waals surface area (Å²) in [7, 11) is 0. The minimum atomic E-state index is -0.684. The van der Waals surface area contributed by atoms with Gasteiger partial charge >= 0.3 is 0 Å². The van der Waals surface area contributed by atoms with Crippen LogP contribution in [0.2, 0.25) is 0 Å². The van der Waals surface area contributed by atoms with Crippen molar-refractivity contribution in [3.05, 3.63) is 24.8 Å². The van der Waals surface area contributed by atoms with Gasteiger partial charge in [-0.25, -0.2) is 0 Å². The summed E-state index contributed by atoms with van der Waals surface area (Å²) in [6.07, 6.45) is 4.68. The lowest BCUT2D eigenvalue weighted by molar-refractivity contribution is -0.0779. The van der Waals surface area contributed by atoms with Crippen molar-refractivity contribution in [2.75, 3.05) is 6.61 Å². The summed E-state index contributed by atoms with van der Waals surface area (Å²) in [6, 6.07) is 0. The van der Waals surface area contributed by atoms with E-state index in [-0.39, 0.29) is 12.7 Å². The molecule has 0 fully saturated rings. The van der Waals surface area contributed by atoms with Gasteiger partial charge in [0, 0.05) is 0 Å². The Labute approximate surface area is 72.0 Å². The first-order valence-corrected chi connectivity index (χ1v) is 4.01. The summed E-state index contributed by atoms with van der Waals surface area (Å²) in [5, 5.41) is 18.1. The minimum Gasteiger partial charge on any atom is -0.394 e. The molecule has 0 aromatic carbocycles. The van der Waals surface area contributed by atoms with E-state index in [0.29, 0.717) is 6.42 Å². The molecule has 0 aromatic heterocycles. The number of hydrogen-bond acceptors (Lipinski definition) is 3. The van der Waals surface area contributed by atoms with Crippen molar-refractivity contribution in [3.8, 4) is 0 Å². The molecule has 0 amide bonds. The molecule has 0 bridgehead atoms. The Morgan fingerprint density at radius 1 is 1.50 bits per heavy atom. The van der Waals surface area contributed by atoms with E-state index in [0.717, 1.165) is 0 Å². The molecule has 0 radical (unpaired) electrons. The van der Waals surface area contributed by atoms with Crippen LogP contribution in [0.4, 0.5) is 0 Å². The standard InChI is InChI=1S/C9H14O3/c1-2-3-7-4-5-8(11)9(6-10)12-7/h2,4-5,7-11H,1,3,6H2/t7-,8+,9-/m1/s1. The molecule has 1 rings (SSSR count). The molecule has 1 aliphatic heterocycles. The monoisotopic (exact) mass is 170 g/mol. The van der Waals surface area contributed by atoms with Crippen molar-refractivity contribution >= 4 is 0 Å². The SMILES string of the molecule is C=CC[C@@H]1C=C[C@H](O)[C@@H](CO)O1. The molecule has 3 nitrogen and oxygen atoms in total. The highest BCUT2D eigenvalue weighted by Crippen LogP contribution is 2.15. The summed E-state index contributed by atoms with van der Waals surface area (Å²) in [4.78, 5) is 0. The van der Waals surface area contributed by atoms with Gasteiger partial charge < -0.3 is 14.9 Å². The molecule has 0 aromatic rings. The van der Waals surface area contributed by atoms with E-state index in [1.54, 1.807) is 18.2 Å². The minimum absolute atomic E-state index is 0.0527. The van der Waals surface area contributed by atoms with Crippen molar-refractivity contribution in [1.29, 1.82) is 0 Å². The highest BCUT2D eigenvalue weighted by atomic mass is 16.5. The van der Waals surface area contributed by atoms with E-state index in [1.807, 2.05) is 0 Å². The van der Waals surface area contributed by atoms with Gasteiger partial charge in [-0.05, 0) is 6.42 Å². The van der Waals surface area contributed by atoms with Gasteiger partial charge in [0.1, 0.15) is 12.2 Å². The topological polar surface area (TPSA) is 49.7 Å². The van der Waals surface area contributed by atoms with Crippen LogP contribution in [0.25, 0.3) is 0 Å². The Balaban J connectivity index is 2.51. The van der Waals surface area contributed by atoms with Gasteiger partial charge in [0.05, 0.1) is 12.7 Å². The Morgan fingerprint density at radius 3 is 2.83 bits per heavy atom. The second kappa shape index (κ2) is 4.40. The fraction of sp³-hybridized carbons (Fsp3) is 0.556. The van der Waals surface area contributed by atoms with Crippen molar-refractivity contribution in [1.82, 2.24) is 0 Å². The van der Waals surface area contributed by atoms with Crippen molar-refractivity contribution in [2.45, 2.75) is 24.7 Å². The van der Waals surface area contributed by atoms with Crippen LogP contribution in [0.1, 0.15) is 6.42 Å². The number of ether oxygens (including phenoxy) is 1. The summed E-state index contributed by atoms with van der Waals surface area (Å²) in [5.41, 5.74) is 0. The van der Waals surface area contributed by atoms with E-state index in [4.69, 9.17) is 9.84 Å². The summed E-state index contributed by atoms with van der Waals surface area (Å²) in [5.74, 6) is 0. The van der Waals surface area contributed by atoms with E-state index in [2.05, 4.69) is 6.58 Å². The molecule has 2 N–H and O–H groups in total. The van der Waals surface area contributed by atoms with Crippen LogP contribution >= 0.6 is 0 Å². The normalized spacial score (nSPS) is 35.0. The molecule has 0 unspecified atom stereocenters. The molecule has 1 heterocycles. The quantitative estimate of drug-likeness (QED) is 0.596. The molecular formula is C9H14O3. The second-order valence-electron chi connectivity index (χ2n) is 2.80. The molecule has 3 atom stereocenters. The van der Waals surface area contributed by atoms with Crippen LogP contribution in [0.5, 0.6) is 0 Å². The maximum absolute atomic E-state index is 9.26. The van der Waals surface area contributed by atoms with E-state index in [9.17, 15) is 5.11 Å². The fourth-order valence-electron chi connectivity index (χ4n) is 1.16. The lowest BCUT2D eigenvalue weighted by Gasteiger charge is -2.27. The zero-order chi connectivity index (χ0) is 8.97. The Hall–Kier alpha value is -0.640. The Kier molecular flexibility index (Phi) is 3.47. The third-order valence-corrected chi connectivity index (χ3v) is 1.83. The smallest absolute Gasteiger partial charge is 0.111 e. The molecule has 12 heavy (non-hydrogen) atoms. The first-order valence-electron chi connectivity index (χ1n) is 4.01. The highest BCUT2D eigenvalue weighted by Gasteiger charge is 2.23. The molecule has 0 spiro atoms. The zero-order valence-electron chi connectivity index (χ0n) is 6.89. The fourth-order valence-corrected chi connectivity index (χ4v) is 1.16. The van der Waals surface area contributed by atoms with E-state index >= 15 is 0 Å². The van der Waals surface area contributed by atoms with Crippen LogP contribution < -0.4 is 0 Å². The van der Waals surface area contributed by atoms with Gasteiger partial charge in [0.15, 0.2) is 0 Å². The lowest BCUT2D eigenvalue weighted by Crippen LogP contribution is -2.37.